The van der Waals surface area contributed by atoms with Gasteiger partial charge in [-0.2, -0.15) is 0 Å². The molecule has 0 aliphatic carbocycles. The molecule has 168 valence electrons. The van der Waals surface area contributed by atoms with E-state index in [4.69, 9.17) is 9.47 Å². The minimum Gasteiger partial charge on any atom is -0.507 e. The lowest BCUT2D eigenvalue weighted by Crippen LogP contribution is -2.11. The summed E-state index contributed by atoms with van der Waals surface area (Å²) in [7, 11) is 1.53. The number of cyclic esters (lactones) is 1. The van der Waals surface area contributed by atoms with Crippen LogP contribution < -0.4 is 10.1 Å². The fourth-order valence-corrected chi connectivity index (χ4v) is 3.76. The highest BCUT2D eigenvalue weighted by Crippen LogP contribution is 2.42. The maximum Gasteiger partial charge on any atom is 0.342 e. The van der Waals surface area contributed by atoms with E-state index in [0.29, 0.717) is 41.0 Å². The minimum atomic E-state index is -0.532. The van der Waals surface area contributed by atoms with Crippen LogP contribution in [0.15, 0.2) is 35.9 Å². The molecule has 0 atom stereocenters. The Morgan fingerprint density at radius 3 is 2.69 bits per heavy atom. The van der Waals surface area contributed by atoms with Gasteiger partial charge in [0, 0.05) is 28.8 Å². The third-order valence-electron chi connectivity index (χ3n) is 5.60. The lowest BCUT2D eigenvalue weighted by atomic mass is 9.94. The molecule has 7 nitrogen and oxygen atoms in total. The van der Waals surface area contributed by atoms with Gasteiger partial charge in [0.25, 0.3) is 0 Å². The molecule has 0 fully saturated rings. The highest BCUT2D eigenvalue weighted by atomic mass is 16.5. The van der Waals surface area contributed by atoms with E-state index in [1.54, 1.807) is 24.3 Å². The van der Waals surface area contributed by atoms with Crippen molar-refractivity contribution in [1.82, 2.24) is 0 Å². The van der Waals surface area contributed by atoms with Crippen molar-refractivity contribution in [3.05, 3.63) is 63.7 Å². The van der Waals surface area contributed by atoms with Crippen LogP contribution >= 0.6 is 0 Å². The number of hydrogen-bond acceptors (Lipinski definition) is 6. The Morgan fingerprint density at radius 2 is 2.00 bits per heavy atom. The lowest BCUT2D eigenvalue weighted by molar-refractivity contribution is -0.116. The van der Waals surface area contributed by atoms with Gasteiger partial charge >= 0.3 is 5.97 Å². The number of esters is 1. The van der Waals surface area contributed by atoms with Gasteiger partial charge < -0.3 is 19.9 Å². The molecule has 2 N–H and O–H groups in total. The van der Waals surface area contributed by atoms with E-state index in [1.165, 1.54) is 14.0 Å². The molecule has 1 amide bonds. The van der Waals surface area contributed by atoms with Crippen LogP contribution in [0, 0.1) is 6.92 Å². The molecule has 2 aromatic carbocycles. The fourth-order valence-electron chi connectivity index (χ4n) is 3.76. The first-order valence-corrected chi connectivity index (χ1v) is 10.4. The molecule has 2 aromatic rings. The van der Waals surface area contributed by atoms with Crippen molar-refractivity contribution >= 4 is 23.3 Å². The van der Waals surface area contributed by atoms with Gasteiger partial charge in [0.2, 0.25) is 5.91 Å². The summed E-state index contributed by atoms with van der Waals surface area (Å²) >= 11 is 0. The number of rotatable bonds is 8. The standard InChI is InChI=1S/C25H27NO6/c1-14(9-11-21(28)26-18-7-5-6-17(12-18)16(3)27)8-10-19-23(29)22-20(13-32-25(22)30)15(2)24(19)31-4/h5-8,12,29H,9-11,13H2,1-4H3,(H,26,28). The van der Waals surface area contributed by atoms with E-state index < -0.39 is 5.97 Å². The lowest BCUT2D eigenvalue weighted by Gasteiger charge is -2.15. The van der Waals surface area contributed by atoms with Crippen LogP contribution in [0.1, 0.15) is 64.1 Å². The minimum absolute atomic E-state index is 0.0615. The van der Waals surface area contributed by atoms with Crippen LogP contribution in [0.5, 0.6) is 11.5 Å². The second-order valence-electron chi connectivity index (χ2n) is 7.85. The fraction of sp³-hybridized carbons (Fsp3) is 0.320. The van der Waals surface area contributed by atoms with Crippen molar-refractivity contribution in [1.29, 1.82) is 0 Å². The molecule has 0 saturated carbocycles. The number of nitrogens with one attached hydrogen (secondary N) is 1. The van der Waals surface area contributed by atoms with Crippen LogP contribution in [0.2, 0.25) is 0 Å². The van der Waals surface area contributed by atoms with Gasteiger partial charge in [-0.15, -0.1) is 0 Å². The normalized spacial score (nSPS) is 12.9. The number of phenolic OH excluding ortho intramolecular Hbond substituents is 1. The van der Waals surface area contributed by atoms with E-state index in [-0.39, 0.29) is 36.0 Å². The number of ether oxygens (including phenoxy) is 2. The summed E-state index contributed by atoms with van der Waals surface area (Å²) in [5.74, 6) is -0.330. The van der Waals surface area contributed by atoms with E-state index in [2.05, 4.69) is 5.32 Å². The number of anilines is 1. The Morgan fingerprint density at radius 1 is 1.25 bits per heavy atom. The third kappa shape index (κ3) is 4.82. The van der Waals surface area contributed by atoms with E-state index in [9.17, 15) is 19.5 Å². The molecular formula is C25H27NO6. The van der Waals surface area contributed by atoms with Crippen molar-refractivity contribution < 1.29 is 29.0 Å². The second kappa shape index (κ2) is 9.68. The zero-order chi connectivity index (χ0) is 23.4. The van der Waals surface area contributed by atoms with Gasteiger partial charge in [-0.3, -0.25) is 9.59 Å². The molecule has 0 bridgehead atoms. The third-order valence-corrected chi connectivity index (χ3v) is 5.60. The predicted octanol–water partition coefficient (Wildman–Crippen LogP) is 4.49. The van der Waals surface area contributed by atoms with Gasteiger partial charge in [0.15, 0.2) is 5.78 Å². The number of carbonyl (C=O) groups excluding carboxylic acids is 3. The number of amides is 1. The smallest absolute Gasteiger partial charge is 0.342 e. The van der Waals surface area contributed by atoms with Crippen molar-refractivity contribution in [2.45, 2.75) is 46.6 Å². The summed E-state index contributed by atoms with van der Waals surface area (Å²) in [6.45, 7) is 5.35. The van der Waals surface area contributed by atoms with Crippen molar-refractivity contribution in [3.8, 4) is 11.5 Å². The Balaban J connectivity index is 1.67. The largest absolute Gasteiger partial charge is 0.507 e. The molecule has 1 aliphatic heterocycles. The Labute approximate surface area is 187 Å². The second-order valence-corrected chi connectivity index (χ2v) is 7.85. The Bertz CT molecular complexity index is 1120. The van der Waals surface area contributed by atoms with Gasteiger partial charge in [0.1, 0.15) is 23.7 Å². The van der Waals surface area contributed by atoms with Crippen LogP contribution in [-0.2, 0) is 22.6 Å². The van der Waals surface area contributed by atoms with Crippen LogP contribution in [0.25, 0.3) is 0 Å². The summed E-state index contributed by atoms with van der Waals surface area (Å²) in [6, 6.07) is 6.82. The van der Waals surface area contributed by atoms with E-state index in [1.807, 2.05) is 19.9 Å². The number of phenols is 1. The van der Waals surface area contributed by atoms with Crippen molar-refractivity contribution in [3.63, 3.8) is 0 Å². The summed E-state index contributed by atoms with van der Waals surface area (Å²) in [4.78, 5) is 35.8. The molecule has 7 heteroatoms. The van der Waals surface area contributed by atoms with Crippen LogP contribution in [0.4, 0.5) is 5.69 Å². The zero-order valence-electron chi connectivity index (χ0n) is 18.7. The predicted molar refractivity (Wildman–Crippen MR) is 120 cm³/mol. The average molecular weight is 437 g/mol. The average Bonchev–Trinajstić information content (AvgIpc) is 3.16. The molecule has 0 aromatic heterocycles. The summed E-state index contributed by atoms with van der Waals surface area (Å²) in [6.07, 6.45) is 3.05. The molecule has 1 heterocycles. The van der Waals surface area contributed by atoms with Crippen LogP contribution in [-0.4, -0.2) is 29.9 Å². The van der Waals surface area contributed by atoms with Gasteiger partial charge in [0.05, 0.1) is 7.11 Å². The molecule has 0 saturated heterocycles. The number of aromatic hydroxyl groups is 1. The van der Waals surface area contributed by atoms with E-state index in [0.717, 1.165) is 11.1 Å². The maximum atomic E-state index is 12.3. The van der Waals surface area contributed by atoms with Crippen molar-refractivity contribution in [2.75, 3.05) is 12.4 Å². The molecule has 0 unspecified atom stereocenters. The van der Waals surface area contributed by atoms with Gasteiger partial charge in [-0.1, -0.05) is 23.8 Å². The molecular weight excluding hydrogens is 410 g/mol. The van der Waals surface area contributed by atoms with Gasteiger partial charge in [-0.25, -0.2) is 4.79 Å². The molecule has 1 aliphatic rings. The monoisotopic (exact) mass is 437 g/mol. The highest BCUT2D eigenvalue weighted by Gasteiger charge is 2.31. The highest BCUT2D eigenvalue weighted by molar-refractivity contribution is 5.98. The molecule has 32 heavy (non-hydrogen) atoms. The SMILES string of the molecule is COc1c(C)c2c(c(O)c1CC=C(C)CCC(=O)Nc1cccc(C(C)=O)c1)C(=O)OC2. The number of hydrogen-bond donors (Lipinski definition) is 2. The van der Waals surface area contributed by atoms with Gasteiger partial charge in [-0.05, 0) is 51.3 Å². The molecule has 0 radical (unpaired) electrons. The number of methoxy groups -OCH3 is 1. The summed E-state index contributed by atoms with van der Waals surface area (Å²) < 4.78 is 10.6. The number of carbonyl (C=O) groups is 3. The number of benzene rings is 2. The van der Waals surface area contributed by atoms with Crippen LogP contribution in [0.3, 0.4) is 0 Å². The first-order chi connectivity index (χ1) is 15.2. The first-order valence-electron chi connectivity index (χ1n) is 10.4. The number of Topliss-reactive ketones (excluding diaryl/α,β-unsaturated/α-hetero) is 1. The first kappa shape index (κ1) is 23.1. The maximum absolute atomic E-state index is 12.3. The number of ketones is 1. The Hall–Kier alpha value is -3.61. The number of allylic oxidation sites excluding steroid dienone is 2. The quantitative estimate of drug-likeness (QED) is 0.358. The zero-order valence-corrected chi connectivity index (χ0v) is 18.7. The Kier molecular flexibility index (Phi) is 6.98. The number of fused-ring (bicyclic) bond motifs is 1. The topological polar surface area (TPSA) is 102 Å². The summed E-state index contributed by atoms with van der Waals surface area (Å²) in [5.41, 5.74) is 4.24. The van der Waals surface area contributed by atoms with Crippen molar-refractivity contribution in [2.24, 2.45) is 0 Å². The summed E-state index contributed by atoms with van der Waals surface area (Å²) in [5, 5.41) is 13.5. The van der Waals surface area contributed by atoms with E-state index >= 15 is 0 Å². The molecule has 0 spiro atoms. The molecule has 3 rings (SSSR count).